The summed E-state index contributed by atoms with van der Waals surface area (Å²) in [5, 5.41) is 4.27. The molecule has 88 valence electrons. The Kier molecular flexibility index (Phi) is 4.01. The standard InChI is InChI=1S/C11H18N4S/c1-9-8-10(14-11(13-9)16-2)15-6-3-4-12-5-7-15/h8,12H,3-7H2,1-2H3. The number of thioether (sulfide) groups is 1. The summed E-state index contributed by atoms with van der Waals surface area (Å²) >= 11 is 1.60. The normalized spacial score (nSPS) is 17.2. The summed E-state index contributed by atoms with van der Waals surface area (Å²) in [6.07, 6.45) is 3.19. The Balaban J connectivity index is 2.20. The van der Waals surface area contributed by atoms with Crippen LogP contribution in [0.4, 0.5) is 5.82 Å². The predicted octanol–water partition coefficient (Wildman–Crippen LogP) is 1.31. The number of rotatable bonds is 2. The monoisotopic (exact) mass is 238 g/mol. The average molecular weight is 238 g/mol. The van der Waals surface area contributed by atoms with Gasteiger partial charge >= 0.3 is 0 Å². The number of nitrogens with zero attached hydrogens (tertiary/aromatic N) is 3. The van der Waals surface area contributed by atoms with Crippen LogP contribution in [0.5, 0.6) is 0 Å². The van der Waals surface area contributed by atoms with E-state index in [-0.39, 0.29) is 0 Å². The molecule has 1 fully saturated rings. The molecule has 1 aliphatic heterocycles. The molecule has 0 aromatic carbocycles. The maximum absolute atomic E-state index is 4.57. The molecule has 0 atom stereocenters. The molecule has 0 amide bonds. The van der Waals surface area contributed by atoms with E-state index in [1.807, 2.05) is 13.2 Å². The Morgan fingerprint density at radius 3 is 3.00 bits per heavy atom. The van der Waals surface area contributed by atoms with Crippen molar-refractivity contribution in [2.24, 2.45) is 0 Å². The molecule has 2 heterocycles. The molecule has 16 heavy (non-hydrogen) atoms. The Hall–Kier alpha value is -0.810. The molecule has 1 saturated heterocycles. The minimum atomic E-state index is 0.868. The first-order valence-electron chi connectivity index (χ1n) is 5.65. The van der Waals surface area contributed by atoms with Crippen LogP contribution in [0.15, 0.2) is 11.2 Å². The summed E-state index contributed by atoms with van der Waals surface area (Å²) < 4.78 is 0. The molecule has 1 aromatic heterocycles. The molecule has 0 aliphatic carbocycles. The van der Waals surface area contributed by atoms with Gasteiger partial charge in [0.15, 0.2) is 5.16 Å². The fraction of sp³-hybridized carbons (Fsp3) is 0.636. The Bertz CT molecular complexity index is 348. The van der Waals surface area contributed by atoms with Crippen molar-refractivity contribution in [3.05, 3.63) is 11.8 Å². The van der Waals surface area contributed by atoms with Crippen LogP contribution in [0.25, 0.3) is 0 Å². The number of nitrogens with one attached hydrogen (secondary N) is 1. The van der Waals surface area contributed by atoms with Gasteiger partial charge in [-0.3, -0.25) is 0 Å². The molecular weight excluding hydrogens is 220 g/mol. The first-order chi connectivity index (χ1) is 7.79. The second kappa shape index (κ2) is 5.50. The van der Waals surface area contributed by atoms with Gasteiger partial charge in [0.1, 0.15) is 5.82 Å². The van der Waals surface area contributed by atoms with Gasteiger partial charge < -0.3 is 10.2 Å². The minimum absolute atomic E-state index is 0.868. The molecule has 2 rings (SSSR count). The smallest absolute Gasteiger partial charge is 0.189 e. The quantitative estimate of drug-likeness (QED) is 0.621. The van der Waals surface area contributed by atoms with Gasteiger partial charge in [-0.15, -0.1) is 0 Å². The van der Waals surface area contributed by atoms with E-state index in [1.54, 1.807) is 11.8 Å². The van der Waals surface area contributed by atoms with Gasteiger partial charge in [-0.2, -0.15) is 0 Å². The molecule has 1 N–H and O–H groups in total. The van der Waals surface area contributed by atoms with Crippen molar-refractivity contribution >= 4 is 17.6 Å². The SMILES string of the molecule is CSc1nc(C)cc(N2CCCNCC2)n1. The second-order valence-corrected chi connectivity index (χ2v) is 4.72. The van der Waals surface area contributed by atoms with E-state index in [9.17, 15) is 0 Å². The highest BCUT2D eigenvalue weighted by Crippen LogP contribution is 2.17. The maximum atomic E-state index is 4.57. The molecule has 0 saturated carbocycles. The Morgan fingerprint density at radius 1 is 1.31 bits per heavy atom. The molecule has 0 bridgehead atoms. The molecule has 5 heteroatoms. The fourth-order valence-corrected chi connectivity index (χ4v) is 2.27. The minimum Gasteiger partial charge on any atom is -0.355 e. The van der Waals surface area contributed by atoms with Crippen molar-refractivity contribution in [3.63, 3.8) is 0 Å². The van der Waals surface area contributed by atoms with Gasteiger partial charge in [0.05, 0.1) is 0 Å². The number of hydrogen-bond donors (Lipinski definition) is 1. The van der Waals surface area contributed by atoms with E-state index in [0.29, 0.717) is 0 Å². The average Bonchev–Trinajstić information content (AvgIpc) is 2.56. The zero-order valence-electron chi connectivity index (χ0n) is 9.86. The zero-order valence-corrected chi connectivity index (χ0v) is 10.7. The third-order valence-corrected chi connectivity index (χ3v) is 3.21. The number of aromatic nitrogens is 2. The summed E-state index contributed by atoms with van der Waals surface area (Å²) in [5.74, 6) is 1.07. The first kappa shape index (κ1) is 11.7. The molecule has 4 nitrogen and oxygen atoms in total. The van der Waals surface area contributed by atoms with Crippen LogP contribution in [0.2, 0.25) is 0 Å². The van der Waals surface area contributed by atoms with Gasteiger partial charge in [-0.25, -0.2) is 9.97 Å². The lowest BCUT2D eigenvalue weighted by atomic mass is 10.3. The van der Waals surface area contributed by atoms with E-state index in [4.69, 9.17) is 0 Å². The second-order valence-electron chi connectivity index (χ2n) is 3.94. The van der Waals surface area contributed by atoms with Crippen LogP contribution in [-0.2, 0) is 0 Å². The summed E-state index contributed by atoms with van der Waals surface area (Å²) in [6.45, 7) is 6.29. The van der Waals surface area contributed by atoms with Crippen LogP contribution in [0, 0.1) is 6.92 Å². The molecule has 0 radical (unpaired) electrons. The lowest BCUT2D eigenvalue weighted by Gasteiger charge is -2.21. The van der Waals surface area contributed by atoms with Gasteiger partial charge in [0, 0.05) is 31.4 Å². The Labute approximate surface area is 101 Å². The lowest BCUT2D eigenvalue weighted by Crippen LogP contribution is -2.28. The van der Waals surface area contributed by atoms with Crippen molar-refractivity contribution in [1.29, 1.82) is 0 Å². The molecule has 1 aromatic rings. The van der Waals surface area contributed by atoms with Gasteiger partial charge in [0.25, 0.3) is 0 Å². The molecule has 0 unspecified atom stereocenters. The van der Waals surface area contributed by atoms with Crippen LogP contribution < -0.4 is 10.2 Å². The number of hydrogen-bond acceptors (Lipinski definition) is 5. The van der Waals surface area contributed by atoms with E-state index < -0.39 is 0 Å². The van der Waals surface area contributed by atoms with E-state index in [0.717, 1.165) is 42.8 Å². The largest absolute Gasteiger partial charge is 0.355 e. The van der Waals surface area contributed by atoms with Crippen molar-refractivity contribution < 1.29 is 0 Å². The number of aryl methyl sites for hydroxylation is 1. The Morgan fingerprint density at radius 2 is 2.19 bits per heavy atom. The maximum Gasteiger partial charge on any atom is 0.189 e. The summed E-state index contributed by atoms with van der Waals surface area (Å²) in [5.41, 5.74) is 1.05. The van der Waals surface area contributed by atoms with Gasteiger partial charge in [0.2, 0.25) is 0 Å². The van der Waals surface area contributed by atoms with E-state index in [2.05, 4.69) is 26.3 Å². The van der Waals surface area contributed by atoms with Crippen LogP contribution in [-0.4, -0.2) is 42.4 Å². The molecular formula is C11H18N4S. The summed E-state index contributed by atoms with van der Waals surface area (Å²) in [7, 11) is 0. The van der Waals surface area contributed by atoms with Crippen molar-refractivity contribution in [2.45, 2.75) is 18.5 Å². The summed E-state index contributed by atoms with van der Waals surface area (Å²) in [4.78, 5) is 11.3. The van der Waals surface area contributed by atoms with Crippen molar-refractivity contribution in [3.8, 4) is 0 Å². The van der Waals surface area contributed by atoms with Gasteiger partial charge in [-0.1, -0.05) is 11.8 Å². The topological polar surface area (TPSA) is 41.1 Å². The van der Waals surface area contributed by atoms with Crippen molar-refractivity contribution in [1.82, 2.24) is 15.3 Å². The highest BCUT2D eigenvalue weighted by molar-refractivity contribution is 7.98. The van der Waals surface area contributed by atoms with Crippen LogP contribution in [0.1, 0.15) is 12.1 Å². The lowest BCUT2D eigenvalue weighted by molar-refractivity contribution is 0.724. The fourth-order valence-electron chi connectivity index (χ4n) is 1.85. The van der Waals surface area contributed by atoms with Crippen LogP contribution in [0.3, 0.4) is 0 Å². The third kappa shape index (κ3) is 2.86. The molecule has 0 spiro atoms. The van der Waals surface area contributed by atoms with Crippen molar-refractivity contribution in [2.75, 3.05) is 37.3 Å². The first-order valence-corrected chi connectivity index (χ1v) is 6.87. The zero-order chi connectivity index (χ0) is 11.4. The number of anilines is 1. The predicted molar refractivity (Wildman–Crippen MR) is 68.2 cm³/mol. The van der Waals surface area contributed by atoms with E-state index >= 15 is 0 Å². The molecule has 1 aliphatic rings. The highest BCUT2D eigenvalue weighted by Gasteiger charge is 2.12. The third-order valence-electron chi connectivity index (χ3n) is 2.67. The highest BCUT2D eigenvalue weighted by atomic mass is 32.2. The van der Waals surface area contributed by atoms with Crippen LogP contribution >= 0.6 is 11.8 Å². The summed E-state index contributed by atoms with van der Waals surface area (Å²) in [6, 6.07) is 2.07. The van der Waals surface area contributed by atoms with Gasteiger partial charge in [-0.05, 0) is 26.1 Å². The van der Waals surface area contributed by atoms with E-state index in [1.165, 1.54) is 6.42 Å².